The van der Waals surface area contributed by atoms with Crippen molar-refractivity contribution in [2.24, 2.45) is 0 Å². The highest BCUT2D eigenvalue weighted by Gasteiger charge is 2.25. The fourth-order valence-electron chi connectivity index (χ4n) is 2.55. The minimum Gasteiger partial charge on any atom is -0.383 e. The maximum atomic E-state index is 12.5. The number of rotatable bonds is 1. The van der Waals surface area contributed by atoms with Gasteiger partial charge in [-0.25, -0.2) is 9.97 Å². The van der Waals surface area contributed by atoms with Crippen molar-refractivity contribution in [2.75, 3.05) is 18.8 Å². The first-order chi connectivity index (χ1) is 9.08. The van der Waals surface area contributed by atoms with E-state index in [9.17, 15) is 4.79 Å². The van der Waals surface area contributed by atoms with Crippen LogP contribution in [0.4, 0.5) is 5.82 Å². The Morgan fingerprint density at radius 1 is 1.26 bits per heavy atom. The van der Waals surface area contributed by atoms with E-state index in [1.54, 1.807) is 0 Å². The van der Waals surface area contributed by atoms with Gasteiger partial charge in [0.25, 0.3) is 5.91 Å². The molecule has 1 saturated heterocycles. The van der Waals surface area contributed by atoms with Crippen LogP contribution in [0, 0.1) is 13.8 Å². The maximum Gasteiger partial charge on any atom is 0.264 e. The van der Waals surface area contributed by atoms with Gasteiger partial charge >= 0.3 is 0 Å². The summed E-state index contributed by atoms with van der Waals surface area (Å²) in [4.78, 5) is 24.5. The van der Waals surface area contributed by atoms with Gasteiger partial charge in [0.2, 0.25) is 0 Å². The first kappa shape index (κ1) is 12.3. The van der Waals surface area contributed by atoms with Crippen molar-refractivity contribution in [1.82, 2.24) is 14.9 Å². The Balaban J connectivity index is 2.12. The summed E-state index contributed by atoms with van der Waals surface area (Å²) in [5.74, 6) is 1.22. The predicted molar refractivity (Wildman–Crippen MR) is 76.4 cm³/mol. The smallest absolute Gasteiger partial charge is 0.264 e. The van der Waals surface area contributed by atoms with Crippen LogP contribution in [0.15, 0.2) is 0 Å². The molecule has 1 amide bonds. The Bertz CT molecular complexity index is 658. The van der Waals surface area contributed by atoms with Crippen LogP contribution >= 0.6 is 11.3 Å². The van der Waals surface area contributed by atoms with E-state index >= 15 is 0 Å². The number of aromatic nitrogens is 2. The molecule has 2 aromatic rings. The molecule has 6 heteroatoms. The standard InChI is InChI=1S/C13H16N4OS/c1-7-9-11(14)15-8(2)16-12(9)19-10(7)13(18)17-5-3-4-6-17/h3-6H2,1-2H3,(H2,14,15,16). The van der Waals surface area contributed by atoms with Crippen LogP contribution in [-0.4, -0.2) is 33.9 Å². The number of amides is 1. The lowest BCUT2D eigenvalue weighted by Crippen LogP contribution is -2.27. The number of nitrogen functional groups attached to an aromatic ring is 1. The zero-order valence-electron chi connectivity index (χ0n) is 11.1. The average Bonchev–Trinajstić information content (AvgIpc) is 2.96. The lowest BCUT2D eigenvalue weighted by atomic mass is 10.2. The van der Waals surface area contributed by atoms with Crippen LogP contribution in [0.5, 0.6) is 0 Å². The maximum absolute atomic E-state index is 12.5. The van der Waals surface area contributed by atoms with Gasteiger partial charge in [-0.3, -0.25) is 4.79 Å². The summed E-state index contributed by atoms with van der Waals surface area (Å²) >= 11 is 1.42. The SMILES string of the molecule is Cc1nc(N)c2c(C)c(C(=O)N3CCCC3)sc2n1. The number of likely N-dealkylation sites (tertiary alicyclic amines) is 1. The van der Waals surface area contributed by atoms with E-state index in [1.807, 2.05) is 18.7 Å². The molecule has 0 aromatic carbocycles. The van der Waals surface area contributed by atoms with E-state index in [4.69, 9.17) is 5.73 Å². The second-order valence-corrected chi connectivity index (χ2v) is 5.89. The quantitative estimate of drug-likeness (QED) is 0.866. The Labute approximate surface area is 115 Å². The summed E-state index contributed by atoms with van der Waals surface area (Å²) in [6.07, 6.45) is 2.19. The molecule has 0 radical (unpaired) electrons. The summed E-state index contributed by atoms with van der Waals surface area (Å²) in [5, 5.41) is 0.832. The topological polar surface area (TPSA) is 72.1 Å². The summed E-state index contributed by atoms with van der Waals surface area (Å²) in [7, 11) is 0. The van der Waals surface area contributed by atoms with E-state index in [2.05, 4.69) is 9.97 Å². The lowest BCUT2D eigenvalue weighted by Gasteiger charge is -2.14. The van der Waals surface area contributed by atoms with Crippen molar-refractivity contribution >= 4 is 33.3 Å². The Morgan fingerprint density at radius 3 is 2.63 bits per heavy atom. The van der Waals surface area contributed by atoms with Crippen LogP contribution in [0.3, 0.4) is 0 Å². The summed E-state index contributed by atoms with van der Waals surface area (Å²) in [5.41, 5.74) is 6.87. The fraction of sp³-hybridized carbons (Fsp3) is 0.462. The predicted octanol–water partition coefficient (Wildman–Crippen LogP) is 2.13. The molecule has 1 aliphatic heterocycles. The second kappa shape index (κ2) is 4.45. The molecule has 0 unspecified atom stereocenters. The minimum atomic E-state index is 0.107. The largest absolute Gasteiger partial charge is 0.383 e. The number of thiophene rings is 1. The van der Waals surface area contributed by atoms with Gasteiger partial charge in [0, 0.05) is 13.1 Å². The molecule has 3 heterocycles. The van der Waals surface area contributed by atoms with Crippen molar-refractivity contribution < 1.29 is 4.79 Å². The molecule has 2 N–H and O–H groups in total. The average molecular weight is 276 g/mol. The number of hydrogen-bond donors (Lipinski definition) is 1. The van der Waals surface area contributed by atoms with Crippen molar-refractivity contribution in [3.05, 3.63) is 16.3 Å². The summed E-state index contributed by atoms with van der Waals surface area (Å²) in [6.45, 7) is 5.45. The molecule has 0 atom stereocenters. The van der Waals surface area contributed by atoms with Gasteiger partial charge in [0.1, 0.15) is 16.5 Å². The van der Waals surface area contributed by atoms with Crippen LogP contribution in [0.25, 0.3) is 10.2 Å². The van der Waals surface area contributed by atoms with Gasteiger partial charge in [-0.1, -0.05) is 0 Å². The van der Waals surface area contributed by atoms with Gasteiger partial charge in [0.15, 0.2) is 0 Å². The minimum absolute atomic E-state index is 0.107. The summed E-state index contributed by atoms with van der Waals surface area (Å²) in [6, 6.07) is 0. The first-order valence-corrected chi connectivity index (χ1v) is 7.22. The van der Waals surface area contributed by atoms with E-state index in [-0.39, 0.29) is 5.91 Å². The number of anilines is 1. The number of fused-ring (bicyclic) bond motifs is 1. The monoisotopic (exact) mass is 276 g/mol. The Kier molecular flexibility index (Phi) is 2.89. The molecule has 19 heavy (non-hydrogen) atoms. The van der Waals surface area contributed by atoms with E-state index in [1.165, 1.54) is 11.3 Å². The Hall–Kier alpha value is -1.69. The molecule has 3 rings (SSSR count). The third-order valence-corrected chi connectivity index (χ3v) is 4.69. The molecule has 0 saturated carbocycles. The van der Waals surface area contributed by atoms with Gasteiger partial charge in [0.05, 0.1) is 10.3 Å². The molecular formula is C13H16N4OS. The first-order valence-electron chi connectivity index (χ1n) is 6.40. The van der Waals surface area contributed by atoms with Crippen LogP contribution in [0.2, 0.25) is 0 Å². The molecule has 100 valence electrons. The number of nitrogens with zero attached hydrogens (tertiary/aromatic N) is 3. The molecule has 0 aliphatic carbocycles. The highest BCUT2D eigenvalue weighted by atomic mass is 32.1. The van der Waals surface area contributed by atoms with Crippen LogP contribution in [-0.2, 0) is 0 Å². The normalized spacial score (nSPS) is 15.4. The van der Waals surface area contributed by atoms with E-state index < -0.39 is 0 Å². The number of aryl methyl sites for hydroxylation is 2. The highest BCUT2D eigenvalue weighted by molar-refractivity contribution is 7.20. The molecular weight excluding hydrogens is 260 g/mol. The fourth-order valence-corrected chi connectivity index (χ4v) is 3.75. The van der Waals surface area contributed by atoms with Crippen molar-refractivity contribution in [1.29, 1.82) is 0 Å². The molecule has 0 spiro atoms. The van der Waals surface area contributed by atoms with Gasteiger partial charge in [-0.15, -0.1) is 11.3 Å². The number of nitrogens with two attached hydrogens (primary N) is 1. The van der Waals surface area contributed by atoms with Crippen LogP contribution in [0.1, 0.15) is 33.9 Å². The molecule has 5 nitrogen and oxygen atoms in total. The third kappa shape index (κ3) is 1.96. The number of carbonyl (C=O) groups is 1. The van der Waals surface area contributed by atoms with Gasteiger partial charge in [-0.05, 0) is 32.3 Å². The molecule has 2 aromatic heterocycles. The van der Waals surface area contributed by atoms with Gasteiger partial charge in [-0.2, -0.15) is 0 Å². The third-order valence-electron chi connectivity index (χ3n) is 3.52. The highest BCUT2D eigenvalue weighted by Crippen LogP contribution is 2.33. The van der Waals surface area contributed by atoms with Crippen molar-refractivity contribution in [2.45, 2.75) is 26.7 Å². The second-order valence-electron chi connectivity index (χ2n) is 4.89. The molecule has 0 bridgehead atoms. The Morgan fingerprint density at radius 2 is 1.95 bits per heavy atom. The van der Waals surface area contributed by atoms with Crippen LogP contribution < -0.4 is 5.73 Å². The van der Waals surface area contributed by atoms with Gasteiger partial charge < -0.3 is 10.6 Å². The van der Waals surface area contributed by atoms with Crippen molar-refractivity contribution in [3.8, 4) is 0 Å². The lowest BCUT2D eigenvalue weighted by molar-refractivity contribution is 0.0797. The summed E-state index contributed by atoms with van der Waals surface area (Å²) < 4.78 is 0. The number of hydrogen-bond acceptors (Lipinski definition) is 5. The number of carbonyl (C=O) groups excluding carboxylic acids is 1. The molecule has 1 fully saturated rings. The zero-order valence-corrected chi connectivity index (χ0v) is 11.9. The van der Waals surface area contributed by atoms with E-state index in [0.29, 0.717) is 11.6 Å². The zero-order chi connectivity index (χ0) is 13.6. The van der Waals surface area contributed by atoms with E-state index in [0.717, 1.165) is 46.6 Å². The molecule has 1 aliphatic rings. The van der Waals surface area contributed by atoms with Crippen molar-refractivity contribution in [3.63, 3.8) is 0 Å².